The van der Waals surface area contributed by atoms with Crippen molar-refractivity contribution >= 4 is 41.0 Å². The number of methoxy groups -OCH3 is 1. The van der Waals surface area contributed by atoms with Crippen LogP contribution >= 0.6 is 11.6 Å². The molecule has 9 heteroatoms. The van der Waals surface area contributed by atoms with Crippen LogP contribution in [0.3, 0.4) is 0 Å². The van der Waals surface area contributed by atoms with E-state index < -0.39 is 6.04 Å². The third-order valence-electron chi connectivity index (χ3n) is 4.75. The van der Waals surface area contributed by atoms with E-state index in [4.69, 9.17) is 16.3 Å². The molecule has 3 aliphatic heterocycles. The van der Waals surface area contributed by atoms with Gasteiger partial charge in [-0.05, 0) is 18.2 Å². The number of carbonyl (C=O) groups is 2. The number of imide groups is 1. The van der Waals surface area contributed by atoms with E-state index in [0.717, 1.165) is 10.6 Å². The Kier molecular flexibility index (Phi) is 3.47. The zero-order chi connectivity index (χ0) is 17.9. The van der Waals surface area contributed by atoms with Gasteiger partial charge in [-0.3, -0.25) is 14.6 Å². The minimum Gasteiger partial charge on any atom is -0.493 e. The summed E-state index contributed by atoms with van der Waals surface area (Å²) in [4.78, 5) is 33.9. The molecule has 1 unspecified atom stereocenters. The summed E-state index contributed by atoms with van der Waals surface area (Å²) in [7, 11) is 4.71. The standard InChI is InChI=1S/C16H17ClN5O3/c1-19-13-12(14(23)20(2)16(19)24)22-7-6-21(15(22)18-13)10-8-9(17)4-5-11(10)25-3/h4-5,8,12H,6-7H2,1-3H3/q+1. The van der Waals surface area contributed by atoms with E-state index in [9.17, 15) is 9.59 Å². The fourth-order valence-electron chi connectivity index (χ4n) is 3.44. The average Bonchev–Trinajstić information content (AvgIpc) is 3.17. The highest BCUT2D eigenvalue weighted by molar-refractivity contribution is 6.31. The molecule has 0 N–H and O–H groups in total. The molecule has 0 radical (unpaired) electrons. The van der Waals surface area contributed by atoms with E-state index in [0.29, 0.717) is 35.7 Å². The van der Waals surface area contributed by atoms with Gasteiger partial charge in [0, 0.05) is 19.1 Å². The number of likely N-dealkylation sites (N-methyl/N-ethyl adjacent to an activating group) is 2. The van der Waals surface area contributed by atoms with E-state index in [2.05, 4.69) is 4.99 Å². The van der Waals surface area contributed by atoms with E-state index in [-0.39, 0.29) is 11.9 Å². The van der Waals surface area contributed by atoms with Crippen LogP contribution in [0.15, 0.2) is 23.2 Å². The summed E-state index contributed by atoms with van der Waals surface area (Å²) in [6, 6.07) is 4.41. The molecule has 0 spiro atoms. The summed E-state index contributed by atoms with van der Waals surface area (Å²) in [6.07, 6.45) is 0. The van der Waals surface area contributed by atoms with E-state index in [1.807, 2.05) is 15.5 Å². The smallest absolute Gasteiger partial charge is 0.397 e. The summed E-state index contributed by atoms with van der Waals surface area (Å²) >= 11 is 6.15. The summed E-state index contributed by atoms with van der Waals surface area (Å²) in [5.74, 6) is 1.48. The molecule has 0 aliphatic carbocycles. The minimum atomic E-state index is -0.571. The van der Waals surface area contributed by atoms with Crippen molar-refractivity contribution in [1.29, 1.82) is 0 Å². The number of urea groups is 1. The number of aliphatic imine (C=N–C) groups is 1. The summed E-state index contributed by atoms with van der Waals surface area (Å²) in [6.45, 7) is 1.26. The number of amides is 3. The Morgan fingerprint density at radius 3 is 2.76 bits per heavy atom. The van der Waals surface area contributed by atoms with Gasteiger partial charge in [0.1, 0.15) is 12.2 Å². The molecule has 1 aromatic carbocycles. The summed E-state index contributed by atoms with van der Waals surface area (Å²) < 4.78 is 7.35. The van der Waals surface area contributed by atoms with E-state index in [1.54, 1.807) is 26.3 Å². The molecule has 0 aromatic heterocycles. The highest BCUT2D eigenvalue weighted by Crippen LogP contribution is 2.34. The number of benzene rings is 1. The van der Waals surface area contributed by atoms with Crippen LogP contribution in [-0.2, 0) is 4.79 Å². The zero-order valence-electron chi connectivity index (χ0n) is 14.1. The fraction of sp³-hybridized carbons (Fsp3) is 0.375. The van der Waals surface area contributed by atoms with Gasteiger partial charge in [0.05, 0.1) is 13.7 Å². The summed E-state index contributed by atoms with van der Waals surface area (Å²) in [5.41, 5.74) is 0.783. The van der Waals surface area contributed by atoms with Gasteiger partial charge in [-0.2, -0.15) is 0 Å². The van der Waals surface area contributed by atoms with Crippen LogP contribution in [-0.4, -0.2) is 78.4 Å². The second-order valence-corrected chi connectivity index (χ2v) is 6.51. The first-order chi connectivity index (χ1) is 11.9. The number of carbonyl (C=O) groups excluding carboxylic acids is 2. The van der Waals surface area contributed by atoms with Crippen molar-refractivity contribution in [3.63, 3.8) is 0 Å². The van der Waals surface area contributed by atoms with Crippen molar-refractivity contribution in [2.45, 2.75) is 6.04 Å². The number of ether oxygens (including phenoxy) is 1. The number of fused-ring (bicyclic) bond motifs is 2. The molecule has 1 atom stereocenters. The van der Waals surface area contributed by atoms with Crippen LogP contribution in [0.5, 0.6) is 5.75 Å². The number of hydrogen-bond donors (Lipinski definition) is 0. The Morgan fingerprint density at radius 2 is 2.04 bits per heavy atom. The topological polar surface area (TPSA) is 68.5 Å². The molecule has 0 saturated carbocycles. The Labute approximate surface area is 149 Å². The molecule has 25 heavy (non-hydrogen) atoms. The predicted octanol–water partition coefficient (Wildman–Crippen LogP) is 0.842. The molecule has 3 amide bonds. The highest BCUT2D eigenvalue weighted by Gasteiger charge is 2.54. The summed E-state index contributed by atoms with van der Waals surface area (Å²) in [5, 5.41) is 0.584. The van der Waals surface area contributed by atoms with Crippen LogP contribution in [0, 0.1) is 0 Å². The van der Waals surface area contributed by atoms with Crippen molar-refractivity contribution < 1.29 is 18.9 Å². The Bertz CT molecular complexity index is 865. The lowest BCUT2D eigenvalue weighted by molar-refractivity contribution is -0.525. The predicted molar refractivity (Wildman–Crippen MR) is 92.6 cm³/mol. The van der Waals surface area contributed by atoms with Gasteiger partial charge in [0.15, 0.2) is 5.75 Å². The Balaban J connectivity index is 1.80. The first kappa shape index (κ1) is 15.9. The molecule has 3 aliphatic rings. The largest absolute Gasteiger partial charge is 0.493 e. The van der Waals surface area contributed by atoms with Crippen LogP contribution in [0.25, 0.3) is 0 Å². The molecular weight excluding hydrogens is 346 g/mol. The maximum atomic E-state index is 12.6. The van der Waals surface area contributed by atoms with E-state index in [1.165, 1.54) is 11.9 Å². The second kappa shape index (κ2) is 5.45. The van der Waals surface area contributed by atoms with Gasteiger partial charge in [0.25, 0.3) is 5.91 Å². The van der Waals surface area contributed by atoms with Gasteiger partial charge >= 0.3 is 12.0 Å². The number of amidine groups is 1. The molecule has 1 fully saturated rings. The third kappa shape index (κ3) is 2.13. The Morgan fingerprint density at radius 1 is 1.28 bits per heavy atom. The molecule has 130 valence electrons. The number of rotatable bonds is 2. The number of nitrogens with zero attached hydrogens (tertiary/aromatic N) is 5. The average molecular weight is 363 g/mol. The normalized spacial score (nSPS) is 22.5. The third-order valence-corrected chi connectivity index (χ3v) is 4.98. The molecule has 8 nitrogen and oxygen atoms in total. The van der Waals surface area contributed by atoms with Crippen molar-refractivity contribution in [2.24, 2.45) is 4.99 Å². The van der Waals surface area contributed by atoms with Crippen LogP contribution in [0.1, 0.15) is 0 Å². The van der Waals surface area contributed by atoms with Gasteiger partial charge in [-0.25, -0.2) is 14.3 Å². The van der Waals surface area contributed by atoms with Gasteiger partial charge in [-0.1, -0.05) is 16.6 Å². The van der Waals surface area contributed by atoms with Gasteiger partial charge in [-0.15, -0.1) is 0 Å². The number of guanidine groups is 1. The molecule has 3 heterocycles. The lowest BCUT2D eigenvalue weighted by Crippen LogP contribution is -2.61. The minimum absolute atomic E-state index is 0.267. The van der Waals surface area contributed by atoms with Crippen molar-refractivity contribution in [1.82, 2.24) is 9.80 Å². The SMILES string of the molecule is COc1ccc(Cl)cc1N1CC[N+]2=C1N=C1C2C(=O)N(C)C(=O)N1C. The van der Waals surface area contributed by atoms with Crippen molar-refractivity contribution in [2.75, 3.05) is 39.2 Å². The van der Waals surface area contributed by atoms with Crippen molar-refractivity contribution in [3.05, 3.63) is 23.2 Å². The number of anilines is 1. The maximum absolute atomic E-state index is 12.6. The molecule has 0 bridgehead atoms. The van der Waals surface area contributed by atoms with Crippen LogP contribution in [0.4, 0.5) is 10.5 Å². The fourth-order valence-corrected chi connectivity index (χ4v) is 3.61. The first-order valence-corrected chi connectivity index (χ1v) is 8.20. The molecule has 4 rings (SSSR count). The molecule has 1 aromatic rings. The second-order valence-electron chi connectivity index (χ2n) is 6.07. The first-order valence-electron chi connectivity index (χ1n) is 7.82. The zero-order valence-corrected chi connectivity index (χ0v) is 14.8. The number of hydrogen-bond acceptors (Lipinski definition) is 5. The van der Waals surface area contributed by atoms with Crippen molar-refractivity contribution in [3.8, 4) is 5.75 Å². The highest BCUT2D eigenvalue weighted by atomic mass is 35.5. The van der Waals surface area contributed by atoms with Crippen LogP contribution < -0.4 is 9.64 Å². The lowest BCUT2D eigenvalue weighted by Gasteiger charge is -2.31. The maximum Gasteiger partial charge on any atom is 0.397 e. The van der Waals surface area contributed by atoms with Gasteiger partial charge < -0.3 is 4.74 Å². The quantitative estimate of drug-likeness (QED) is 0.731. The lowest BCUT2D eigenvalue weighted by atomic mass is 10.1. The van der Waals surface area contributed by atoms with Gasteiger partial charge in [0.2, 0.25) is 11.9 Å². The molecular formula is C16H17ClN5O3+. The Hall–Kier alpha value is -2.61. The van der Waals surface area contributed by atoms with E-state index >= 15 is 0 Å². The monoisotopic (exact) mass is 362 g/mol. The number of halogens is 1. The van der Waals surface area contributed by atoms with Crippen LogP contribution in [0.2, 0.25) is 5.02 Å². The molecule has 1 saturated heterocycles.